The van der Waals surface area contributed by atoms with Crippen molar-refractivity contribution in [2.45, 2.75) is 19.4 Å². The first-order valence-electron chi connectivity index (χ1n) is 10.2. The number of sulfonamides is 1. The van der Waals surface area contributed by atoms with E-state index in [1.54, 1.807) is 35.4 Å². The molecule has 8 nitrogen and oxygen atoms in total. The smallest absolute Gasteiger partial charge is 0.253 e. The number of benzene rings is 1. The zero-order chi connectivity index (χ0) is 22.2. The minimum atomic E-state index is -3.36. The van der Waals surface area contributed by atoms with E-state index in [0.29, 0.717) is 43.9 Å². The van der Waals surface area contributed by atoms with Crippen LogP contribution in [0, 0.1) is 5.41 Å². The van der Waals surface area contributed by atoms with Crippen molar-refractivity contribution in [3.63, 3.8) is 0 Å². The summed E-state index contributed by atoms with van der Waals surface area (Å²) in [5, 5.41) is 0. The third-order valence-electron chi connectivity index (χ3n) is 6.30. The Morgan fingerprint density at radius 3 is 2.48 bits per heavy atom. The molecule has 2 fully saturated rings. The second-order valence-electron chi connectivity index (χ2n) is 8.33. The fraction of sp³-hybridized carbons (Fsp3) is 0.409. The van der Waals surface area contributed by atoms with Gasteiger partial charge in [0.2, 0.25) is 15.9 Å². The van der Waals surface area contributed by atoms with Crippen LogP contribution < -0.4 is 4.31 Å². The summed E-state index contributed by atoms with van der Waals surface area (Å²) in [7, 11) is -1.89. The van der Waals surface area contributed by atoms with Gasteiger partial charge in [0, 0.05) is 38.4 Å². The second kappa shape index (κ2) is 7.96. The van der Waals surface area contributed by atoms with Gasteiger partial charge in [-0.2, -0.15) is 0 Å². The average Bonchev–Trinajstić information content (AvgIpc) is 3.33. The predicted octanol–water partition coefficient (Wildman–Crippen LogP) is 1.74. The number of nitrogens with zero attached hydrogens (tertiary/aromatic N) is 4. The molecule has 0 radical (unpaired) electrons. The molecule has 2 aliphatic rings. The molecule has 1 aromatic heterocycles. The lowest BCUT2D eigenvalue weighted by Crippen LogP contribution is -2.38. The highest BCUT2D eigenvalue weighted by Crippen LogP contribution is 2.41. The van der Waals surface area contributed by atoms with Crippen LogP contribution in [0.4, 0.5) is 5.69 Å². The van der Waals surface area contributed by atoms with Crippen LogP contribution in [-0.2, 0) is 21.4 Å². The van der Waals surface area contributed by atoms with Gasteiger partial charge in [-0.05, 0) is 49.2 Å². The van der Waals surface area contributed by atoms with Crippen molar-refractivity contribution in [1.29, 1.82) is 0 Å². The lowest BCUT2D eigenvalue weighted by Gasteiger charge is -2.24. The number of carbonyl (C=O) groups excluding carboxylic acids is 2. The number of likely N-dealkylation sites (tertiary alicyclic amines) is 2. The van der Waals surface area contributed by atoms with Crippen molar-refractivity contribution in [3.8, 4) is 0 Å². The van der Waals surface area contributed by atoms with Gasteiger partial charge in [0.15, 0.2) is 0 Å². The van der Waals surface area contributed by atoms with E-state index in [2.05, 4.69) is 4.98 Å². The molecule has 2 amide bonds. The van der Waals surface area contributed by atoms with Gasteiger partial charge in [0.05, 0.1) is 29.6 Å². The van der Waals surface area contributed by atoms with Gasteiger partial charge in [0.1, 0.15) is 0 Å². The Morgan fingerprint density at radius 2 is 1.84 bits per heavy atom. The number of hydrogen-bond donors (Lipinski definition) is 0. The summed E-state index contributed by atoms with van der Waals surface area (Å²) in [6.45, 7) is 2.11. The van der Waals surface area contributed by atoms with Gasteiger partial charge in [-0.15, -0.1) is 0 Å². The van der Waals surface area contributed by atoms with Crippen LogP contribution in [0.2, 0.25) is 0 Å². The van der Waals surface area contributed by atoms with Gasteiger partial charge in [-0.3, -0.25) is 18.9 Å². The quantitative estimate of drug-likeness (QED) is 0.704. The number of carbonyl (C=O) groups is 2. The topological polar surface area (TPSA) is 90.9 Å². The number of pyridine rings is 1. The number of rotatable bonds is 5. The summed E-state index contributed by atoms with van der Waals surface area (Å²) in [5.41, 5.74) is 1.32. The second-order valence-corrected chi connectivity index (χ2v) is 10.3. The molecule has 1 spiro atoms. The first-order valence-corrected chi connectivity index (χ1v) is 12.1. The van der Waals surface area contributed by atoms with Crippen LogP contribution in [0.15, 0.2) is 48.7 Å². The minimum absolute atomic E-state index is 0.0959. The first kappa shape index (κ1) is 21.3. The van der Waals surface area contributed by atoms with E-state index in [1.165, 1.54) is 11.4 Å². The number of hydrogen-bond acceptors (Lipinski definition) is 5. The Labute approximate surface area is 182 Å². The molecule has 2 aromatic rings. The molecular weight excluding hydrogens is 416 g/mol. The first-order chi connectivity index (χ1) is 14.7. The van der Waals surface area contributed by atoms with E-state index in [9.17, 15) is 18.0 Å². The Hall–Kier alpha value is -2.94. The SMILES string of the molecule is CN(c1ccc(C(=O)N2CCC3(CCN(Cc4ccccn4)C3=O)C2)cc1)S(C)(=O)=O. The van der Waals surface area contributed by atoms with E-state index in [4.69, 9.17) is 0 Å². The minimum Gasteiger partial charge on any atom is -0.338 e. The largest absolute Gasteiger partial charge is 0.338 e. The molecule has 1 atom stereocenters. The summed E-state index contributed by atoms with van der Waals surface area (Å²) < 4.78 is 24.5. The Balaban J connectivity index is 1.42. The van der Waals surface area contributed by atoms with Crippen molar-refractivity contribution >= 4 is 27.5 Å². The standard InChI is InChI=1S/C22H26N4O4S/c1-24(31(2,29)30)19-8-6-17(7-9-19)20(27)26-14-11-22(16-26)10-13-25(21(22)28)15-18-5-3-4-12-23-18/h3-9,12H,10-11,13-16H2,1-2H3. The zero-order valence-corrected chi connectivity index (χ0v) is 18.5. The molecule has 1 aromatic carbocycles. The van der Waals surface area contributed by atoms with Crippen molar-refractivity contribution < 1.29 is 18.0 Å². The van der Waals surface area contributed by atoms with Gasteiger partial charge in [-0.1, -0.05) is 6.07 Å². The van der Waals surface area contributed by atoms with Gasteiger partial charge >= 0.3 is 0 Å². The Kier molecular flexibility index (Phi) is 5.47. The van der Waals surface area contributed by atoms with Crippen molar-refractivity contribution in [3.05, 3.63) is 59.9 Å². The van der Waals surface area contributed by atoms with Crippen LogP contribution >= 0.6 is 0 Å². The number of amides is 2. The molecule has 0 saturated carbocycles. The Bertz CT molecular complexity index is 1090. The number of aromatic nitrogens is 1. The van der Waals surface area contributed by atoms with Gasteiger partial charge in [-0.25, -0.2) is 8.42 Å². The summed E-state index contributed by atoms with van der Waals surface area (Å²) in [6.07, 6.45) is 4.25. The molecule has 0 N–H and O–H groups in total. The van der Waals surface area contributed by atoms with Crippen LogP contribution in [0.1, 0.15) is 28.9 Å². The normalized spacial score (nSPS) is 21.2. The molecule has 3 heterocycles. The average molecular weight is 443 g/mol. The van der Waals surface area contributed by atoms with Crippen molar-refractivity contribution in [1.82, 2.24) is 14.8 Å². The van der Waals surface area contributed by atoms with E-state index in [1.807, 2.05) is 23.1 Å². The molecule has 2 aliphatic heterocycles. The summed E-state index contributed by atoms with van der Waals surface area (Å²) in [4.78, 5) is 34.0. The van der Waals surface area contributed by atoms with Crippen LogP contribution in [0.3, 0.4) is 0 Å². The molecular formula is C22H26N4O4S. The predicted molar refractivity (Wildman–Crippen MR) is 117 cm³/mol. The summed E-state index contributed by atoms with van der Waals surface area (Å²) in [6, 6.07) is 12.2. The molecule has 2 saturated heterocycles. The van der Waals surface area contributed by atoms with E-state index in [0.717, 1.165) is 18.4 Å². The van der Waals surface area contributed by atoms with Crippen LogP contribution in [0.25, 0.3) is 0 Å². The fourth-order valence-corrected chi connectivity index (χ4v) is 4.85. The third-order valence-corrected chi connectivity index (χ3v) is 7.50. The lowest BCUT2D eigenvalue weighted by atomic mass is 9.85. The highest BCUT2D eigenvalue weighted by Gasteiger charge is 2.51. The molecule has 164 valence electrons. The molecule has 1 unspecified atom stereocenters. The van der Waals surface area contributed by atoms with E-state index < -0.39 is 15.4 Å². The van der Waals surface area contributed by atoms with Crippen molar-refractivity contribution in [2.75, 3.05) is 37.2 Å². The zero-order valence-electron chi connectivity index (χ0n) is 17.7. The molecule has 0 bridgehead atoms. The van der Waals surface area contributed by atoms with Crippen LogP contribution in [-0.4, -0.2) is 68.0 Å². The van der Waals surface area contributed by atoms with E-state index >= 15 is 0 Å². The molecule has 9 heteroatoms. The number of anilines is 1. The Morgan fingerprint density at radius 1 is 1.13 bits per heavy atom. The third kappa shape index (κ3) is 4.14. The van der Waals surface area contributed by atoms with Gasteiger partial charge < -0.3 is 9.80 Å². The highest BCUT2D eigenvalue weighted by molar-refractivity contribution is 7.92. The maximum atomic E-state index is 13.1. The maximum Gasteiger partial charge on any atom is 0.253 e. The summed E-state index contributed by atoms with van der Waals surface area (Å²) in [5.74, 6) is -0.0417. The van der Waals surface area contributed by atoms with Crippen LogP contribution in [0.5, 0.6) is 0 Å². The molecule has 4 rings (SSSR count). The maximum absolute atomic E-state index is 13.1. The highest BCUT2D eigenvalue weighted by atomic mass is 32.2. The summed E-state index contributed by atoms with van der Waals surface area (Å²) >= 11 is 0. The lowest BCUT2D eigenvalue weighted by molar-refractivity contribution is -0.135. The van der Waals surface area contributed by atoms with Gasteiger partial charge in [0.25, 0.3) is 5.91 Å². The molecule has 31 heavy (non-hydrogen) atoms. The van der Waals surface area contributed by atoms with E-state index in [-0.39, 0.29) is 11.8 Å². The van der Waals surface area contributed by atoms with Crippen molar-refractivity contribution in [2.24, 2.45) is 5.41 Å². The fourth-order valence-electron chi connectivity index (χ4n) is 4.34. The monoisotopic (exact) mass is 442 g/mol. The molecule has 0 aliphatic carbocycles.